The third-order valence-electron chi connectivity index (χ3n) is 2.02. The van der Waals surface area contributed by atoms with E-state index in [1.165, 1.54) is 0 Å². The van der Waals surface area contributed by atoms with E-state index in [1.807, 2.05) is 0 Å². The van der Waals surface area contributed by atoms with E-state index in [0.29, 0.717) is 13.2 Å². The molecule has 0 aromatic heterocycles. The van der Waals surface area contributed by atoms with Gasteiger partial charge >= 0.3 is 12.0 Å². The van der Waals surface area contributed by atoms with Crippen molar-refractivity contribution in [2.45, 2.75) is 18.9 Å². The Balaban J connectivity index is 3.68. The Morgan fingerprint density at radius 1 is 1.39 bits per heavy atom. The molecule has 0 aliphatic heterocycles. The molecule has 0 aliphatic rings. The quantitative estimate of drug-likeness (QED) is 0.319. The van der Waals surface area contributed by atoms with Gasteiger partial charge in [0, 0.05) is 19.6 Å². The van der Waals surface area contributed by atoms with E-state index in [2.05, 4.69) is 17.2 Å². The summed E-state index contributed by atoms with van der Waals surface area (Å²) in [6.07, 6.45) is 2.44. The van der Waals surface area contributed by atoms with Crippen molar-refractivity contribution >= 4 is 12.0 Å². The van der Waals surface area contributed by atoms with Gasteiger partial charge < -0.3 is 25.6 Å². The van der Waals surface area contributed by atoms with Crippen LogP contribution in [0.25, 0.3) is 0 Å². The van der Waals surface area contributed by atoms with E-state index in [1.54, 1.807) is 6.08 Å². The summed E-state index contributed by atoms with van der Waals surface area (Å²) in [6.45, 7) is 4.40. The van der Waals surface area contributed by atoms with Crippen LogP contribution in [0.15, 0.2) is 12.7 Å². The zero-order chi connectivity index (χ0) is 13.8. The second-order valence-corrected chi connectivity index (χ2v) is 3.49. The highest BCUT2D eigenvalue weighted by atomic mass is 16.5. The van der Waals surface area contributed by atoms with Crippen molar-refractivity contribution in [2.24, 2.45) is 0 Å². The smallest absolute Gasteiger partial charge is 0.326 e. The summed E-state index contributed by atoms with van der Waals surface area (Å²) >= 11 is 0. The predicted molar refractivity (Wildman–Crippen MR) is 65.3 cm³/mol. The monoisotopic (exact) mass is 260 g/mol. The minimum Gasteiger partial charge on any atom is -0.480 e. The number of hydrogen-bond acceptors (Lipinski definition) is 4. The summed E-state index contributed by atoms with van der Waals surface area (Å²) < 4.78 is 5.15. The first-order valence-electron chi connectivity index (χ1n) is 5.68. The summed E-state index contributed by atoms with van der Waals surface area (Å²) in [7, 11) is 0. The van der Waals surface area contributed by atoms with Crippen molar-refractivity contribution in [2.75, 3.05) is 26.4 Å². The number of rotatable bonds is 10. The molecule has 0 fully saturated rings. The first-order chi connectivity index (χ1) is 8.61. The number of carboxylic acids is 1. The number of hydrogen-bond donors (Lipinski definition) is 4. The van der Waals surface area contributed by atoms with E-state index >= 15 is 0 Å². The SMILES string of the molecule is C=CCCOCCNC(=O)N[C@@H](CCO)C(=O)O. The van der Waals surface area contributed by atoms with Gasteiger partial charge in [-0.05, 0) is 6.42 Å². The highest BCUT2D eigenvalue weighted by Gasteiger charge is 2.18. The van der Waals surface area contributed by atoms with Crippen LogP contribution in [0.1, 0.15) is 12.8 Å². The summed E-state index contributed by atoms with van der Waals surface area (Å²) in [5, 5.41) is 22.1. The van der Waals surface area contributed by atoms with Crippen LogP contribution >= 0.6 is 0 Å². The van der Waals surface area contributed by atoms with Crippen molar-refractivity contribution in [3.05, 3.63) is 12.7 Å². The molecule has 7 heteroatoms. The van der Waals surface area contributed by atoms with Gasteiger partial charge in [-0.15, -0.1) is 6.58 Å². The number of carbonyl (C=O) groups excluding carboxylic acids is 1. The molecule has 0 aromatic rings. The van der Waals surface area contributed by atoms with E-state index in [4.69, 9.17) is 14.9 Å². The molecule has 2 amide bonds. The average molecular weight is 260 g/mol. The molecule has 0 unspecified atom stereocenters. The van der Waals surface area contributed by atoms with E-state index < -0.39 is 18.0 Å². The maximum Gasteiger partial charge on any atom is 0.326 e. The standard InChI is InChI=1S/C11H20N2O5/c1-2-3-7-18-8-5-12-11(17)13-9(4-6-14)10(15)16/h2,9,14H,1,3-8H2,(H,15,16)(H2,12,13,17)/t9-/m0/s1. The van der Waals surface area contributed by atoms with Crippen LogP contribution in [0.2, 0.25) is 0 Å². The number of ether oxygens (including phenoxy) is 1. The van der Waals surface area contributed by atoms with Crippen molar-refractivity contribution in [3.63, 3.8) is 0 Å². The maximum absolute atomic E-state index is 11.3. The molecule has 0 aliphatic carbocycles. The third kappa shape index (κ3) is 8.54. The van der Waals surface area contributed by atoms with Crippen LogP contribution in [-0.2, 0) is 9.53 Å². The number of urea groups is 1. The summed E-state index contributed by atoms with van der Waals surface area (Å²) in [5.74, 6) is -1.18. The molecule has 0 aromatic carbocycles. The Morgan fingerprint density at radius 2 is 2.11 bits per heavy atom. The number of aliphatic hydroxyl groups excluding tert-OH is 1. The Labute approximate surface area is 106 Å². The topological polar surface area (TPSA) is 108 Å². The molecule has 0 saturated heterocycles. The van der Waals surface area contributed by atoms with Crippen molar-refractivity contribution in [1.82, 2.24) is 10.6 Å². The zero-order valence-corrected chi connectivity index (χ0v) is 10.2. The number of nitrogens with one attached hydrogen (secondary N) is 2. The van der Waals surface area contributed by atoms with Crippen molar-refractivity contribution in [1.29, 1.82) is 0 Å². The lowest BCUT2D eigenvalue weighted by atomic mass is 10.2. The number of amides is 2. The molecule has 18 heavy (non-hydrogen) atoms. The molecule has 0 bridgehead atoms. The van der Waals surface area contributed by atoms with Crippen LogP contribution in [0.5, 0.6) is 0 Å². The van der Waals surface area contributed by atoms with Crippen molar-refractivity contribution < 1.29 is 24.5 Å². The minimum absolute atomic E-state index is 0.0292. The second kappa shape index (κ2) is 10.5. The molecule has 1 atom stereocenters. The molecule has 0 radical (unpaired) electrons. The van der Waals surface area contributed by atoms with Gasteiger partial charge in [-0.1, -0.05) is 6.08 Å². The van der Waals surface area contributed by atoms with Crippen LogP contribution in [0.3, 0.4) is 0 Å². The Bertz CT molecular complexity index is 270. The highest BCUT2D eigenvalue weighted by Crippen LogP contribution is 1.91. The number of aliphatic carboxylic acids is 1. The normalized spacial score (nSPS) is 11.6. The molecule has 0 heterocycles. The third-order valence-corrected chi connectivity index (χ3v) is 2.02. The average Bonchev–Trinajstić information content (AvgIpc) is 2.33. The van der Waals surface area contributed by atoms with Crippen LogP contribution in [-0.4, -0.2) is 54.6 Å². The van der Waals surface area contributed by atoms with Gasteiger partial charge in [-0.25, -0.2) is 9.59 Å². The van der Waals surface area contributed by atoms with E-state index in [-0.39, 0.29) is 19.6 Å². The van der Waals surface area contributed by atoms with Crippen LogP contribution < -0.4 is 10.6 Å². The molecular formula is C11H20N2O5. The zero-order valence-electron chi connectivity index (χ0n) is 10.2. The van der Waals surface area contributed by atoms with Gasteiger partial charge in [-0.2, -0.15) is 0 Å². The number of aliphatic hydroxyl groups is 1. The number of carbonyl (C=O) groups is 2. The highest BCUT2D eigenvalue weighted by molar-refractivity contribution is 5.82. The second-order valence-electron chi connectivity index (χ2n) is 3.49. The van der Waals surface area contributed by atoms with Gasteiger partial charge in [-0.3, -0.25) is 0 Å². The fraction of sp³-hybridized carbons (Fsp3) is 0.636. The lowest BCUT2D eigenvalue weighted by molar-refractivity contribution is -0.139. The van der Waals surface area contributed by atoms with Gasteiger partial charge in [0.2, 0.25) is 0 Å². The predicted octanol–water partition coefficient (Wildman–Crippen LogP) is -0.286. The fourth-order valence-electron chi connectivity index (χ4n) is 1.10. The molecular weight excluding hydrogens is 240 g/mol. The summed E-state index contributed by atoms with van der Waals surface area (Å²) in [4.78, 5) is 22.0. The lowest BCUT2D eigenvalue weighted by Gasteiger charge is -2.13. The van der Waals surface area contributed by atoms with E-state index in [9.17, 15) is 9.59 Å². The summed E-state index contributed by atoms with van der Waals surface area (Å²) in [5.41, 5.74) is 0. The molecule has 104 valence electrons. The first kappa shape index (κ1) is 16.4. The Kier molecular flexibility index (Phi) is 9.61. The lowest BCUT2D eigenvalue weighted by Crippen LogP contribution is -2.47. The van der Waals surface area contributed by atoms with E-state index in [0.717, 1.165) is 6.42 Å². The van der Waals surface area contributed by atoms with Gasteiger partial charge in [0.05, 0.1) is 13.2 Å². The molecule has 0 spiro atoms. The Morgan fingerprint density at radius 3 is 2.67 bits per heavy atom. The maximum atomic E-state index is 11.3. The molecule has 0 saturated carbocycles. The fourth-order valence-corrected chi connectivity index (χ4v) is 1.10. The molecule has 7 nitrogen and oxygen atoms in total. The largest absolute Gasteiger partial charge is 0.480 e. The number of carboxylic acid groups (broad SMARTS) is 1. The van der Waals surface area contributed by atoms with Gasteiger partial charge in [0.25, 0.3) is 0 Å². The molecule has 4 N–H and O–H groups in total. The van der Waals surface area contributed by atoms with Gasteiger partial charge in [0.15, 0.2) is 0 Å². The van der Waals surface area contributed by atoms with Crippen LogP contribution in [0.4, 0.5) is 4.79 Å². The Hall–Kier alpha value is -1.60. The van der Waals surface area contributed by atoms with Gasteiger partial charge in [0.1, 0.15) is 6.04 Å². The summed E-state index contributed by atoms with van der Waals surface area (Å²) in [6, 6.07) is -1.68. The van der Waals surface area contributed by atoms with Crippen molar-refractivity contribution in [3.8, 4) is 0 Å². The van der Waals surface area contributed by atoms with Crippen LogP contribution in [0, 0.1) is 0 Å². The minimum atomic E-state index is -1.18. The molecule has 0 rings (SSSR count). The first-order valence-corrected chi connectivity index (χ1v) is 5.68.